The van der Waals surface area contributed by atoms with E-state index in [0.717, 1.165) is 71.8 Å². The van der Waals surface area contributed by atoms with Crippen molar-refractivity contribution in [1.29, 1.82) is 0 Å². The molecule has 3 fully saturated rings. The number of aromatic nitrogens is 1. The van der Waals surface area contributed by atoms with Crippen molar-refractivity contribution >= 4 is 36.0 Å². The van der Waals surface area contributed by atoms with Gasteiger partial charge in [0, 0.05) is 16.5 Å². The second kappa shape index (κ2) is 8.84. The fourth-order valence-electron chi connectivity index (χ4n) is 6.19. The lowest BCUT2D eigenvalue weighted by molar-refractivity contribution is -0.160. The van der Waals surface area contributed by atoms with Crippen LogP contribution in [-0.2, 0) is 9.53 Å². The lowest BCUT2D eigenvalue weighted by Gasteiger charge is -2.52. The molecule has 0 atom stereocenters. The maximum atomic E-state index is 14.1. The van der Waals surface area contributed by atoms with Crippen molar-refractivity contribution < 1.29 is 14.3 Å². The second-order valence-electron chi connectivity index (χ2n) is 11.8. The van der Waals surface area contributed by atoms with Crippen LogP contribution in [-0.4, -0.2) is 37.6 Å². The number of nitrogens with zero attached hydrogens (tertiary/aromatic N) is 1. The lowest BCUT2D eigenvalue weighted by atomic mass is 9.57. The molecule has 0 saturated heterocycles. The van der Waals surface area contributed by atoms with Gasteiger partial charge in [0.05, 0.1) is 37.4 Å². The Morgan fingerprint density at radius 3 is 2.17 bits per heavy atom. The van der Waals surface area contributed by atoms with Gasteiger partial charge in [0.2, 0.25) is 0 Å². The Morgan fingerprint density at radius 2 is 1.58 bits per heavy atom. The van der Waals surface area contributed by atoms with Gasteiger partial charge in [-0.25, -0.2) is 4.98 Å². The van der Waals surface area contributed by atoms with E-state index in [2.05, 4.69) is 43.2 Å². The van der Waals surface area contributed by atoms with Gasteiger partial charge in [-0.15, -0.1) is 0 Å². The molecule has 6 rings (SSSR count). The summed E-state index contributed by atoms with van der Waals surface area (Å²) in [6.07, 6.45) is 4.73. The maximum Gasteiger partial charge on any atom is 0.311 e. The summed E-state index contributed by atoms with van der Waals surface area (Å²) < 4.78 is 5.12. The molecule has 1 heterocycles. The first kappa shape index (κ1) is 24.7. The van der Waals surface area contributed by atoms with Crippen molar-refractivity contribution in [2.45, 2.75) is 70.6 Å². The van der Waals surface area contributed by atoms with E-state index < -0.39 is 8.07 Å². The van der Waals surface area contributed by atoms with Crippen molar-refractivity contribution in [3.8, 4) is 11.3 Å². The number of nitrogens with one attached hydrogen (secondary N) is 1. The largest absolute Gasteiger partial charge is 0.469 e. The molecule has 6 heteroatoms. The first-order chi connectivity index (χ1) is 17.1. The van der Waals surface area contributed by atoms with Crippen LogP contribution in [0.3, 0.4) is 0 Å². The third kappa shape index (κ3) is 4.15. The van der Waals surface area contributed by atoms with Crippen molar-refractivity contribution in [2.24, 2.45) is 5.41 Å². The molecule has 0 unspecified atom stereocenters. The van der Waals surface area contributed by atoms with E-state index in [1.165, 1.54) is 12.3 Å². The molecule has 36 heavy (non-hydrogen) atoms. The Hall–Kier alpha value is -2.99. The average Bonchev–Trinajstić information content (AvgIpc) is 2.88. The van der Waals surface area contributed by atoms with Crippen LogP contribution in [0.25, 0.3) is 22.2 Å². The molecule has 1 amide bonds. The lowest BCUT2D eigenvalue weighted by Crippen LogP contribution is -2.58. The predicted octanol–water partition coefficient (Wildman–Crippen LogP) is 5.75. The summed E-state index contributed by atoms with van der Waals surface area (Å²) in [5.41, 5.74) is 3.71. The molecule has 3 aromatic rings. The normalized spacial score (nSPS) is 23.5. The summed E-state index contributed by atoms with van der Waals surface area (Å²) in [6, 6.07) is 16.6. The number of ether oxygens (including phenoxy) is 1. The molecular weight excluding hydrogens is 464 g/mol. The number of pyridine rings is 1. The van der Waals surface area contributed by atoms with E-state index in [1.54, 1.807) is 0 Å². The number of methoxy groups -OCH3 is 1. The zero-order chi connectivity index (χ0) is 25.7. The summed E-state index contributed by atoms with van der Waals surface area (Å²) >= 11 is 0. The highest BCUT2D eigenvalue weighted by molar-refractivity contribution is 6.88. The molecule has 2 bridgehead atoms. The Morgan fingerprint density at radius 1 is 0.944 bits per heavy atom. The van der Waals surface area contributed by atoms with Crippen LogP contribution in [0, 0.1) is 12.3 Å². The zero-order valence-electron chi connectivity index (χ0n) is 22.0. The quantitative estimate of drug-likeness (QED) is 0.358. The molecule has 5 nitrogen and oxygen atoms in total. The van der Waals surface area contributed by atoms with Crippen LogP contribution < -0.4 is 10.5 Å². The van der Waals surface area contributed by atoms with Crippen LogP contribution in [0.5, 0.6) is 0 Å². The third-order valence-corrected chi connectivity index (χ3v) is 10.7. The van der Waals surface area contributed by atoms with Gasteiger partial charge in [-0.3, -0.25) is 9.59 Å². The molecule has 188 valence electrons. The van der Waals surface area contributed by atoms with Crippen molar-refractivity contribution in [1.82, 2.24) is 10.3 Å². The highest BCUT2D eigenvalue weighted by atomic mass is 28.3. The summed E-state index contributed by atoms with van der Waals surface area (Å²) in [6.45, 7) is 8.99. The number of benzene rings is 2. The van der Waals surface area contributed by atoms with Crippen molar-refractivity contribution in [3.63, 3.8) is 0 Å². The fraction of sp³-hybridized carbons (Fsp3) is 0.433. The van der Waals surface area contributed by atoms with E-state index in [-0.39, 0.29) is 22.8 Å². The predicted molar refractivity (Wildman–Crippen MR) is 147 cm³/mol. The van der Waals surface area contributed by atoms with Gasteiger partial charge in [0.15, 0.2) is 0 Å². The Balaban J connectivity index is 1.57. The molecule has 3 aliphatic carbocycles. The molecule has 1 aromatic heterocycles. The summed E-state index contributed by atoms with van der Waals surface area (Å²) in [5.74, 6) is -0.123. The van der Waals surface area contributed by atoms with Crippen LogP contribution in [0.1, 0.15) is 54.4 Å². The van der Waals surface area contributed by atoms with Crippen LogP contribution in [0.2, 0.25) is 19.6 Å². The molecular formula is C30H36N2O3Si. The van der Waals surface area contributed by atoms with E-state index in [9.17, 15) is 9.59 Å². The van der Waals surface area contributed by atoms with E-state index >= 15 is 0 Å². The third-order valence-electron chi connectivity index (χ3n) is 8.61. The van der Waals surface area contributed by atoms with Gasteiger partial charge in [-0.1, -0.05) is 67.3 Å². The first-order valence-corrected chi connectivity index (χ1v) is 16.5. The SMILES string of the molecule is COC(=O)C12CCC(NC(=O)c3c(C)c(-c4ccccc4)nc4ccc([Si](C)(C)C)cc34)(CC1)CC2. The number of fused-ring (bicyclic) bond motifs is 4. The van der Waals surface area contributed by atoms with Crippen LogP contribution >= 0.6 is 0 Å². The average molecular weight is 501 g/mol. The monoisotopic (exact) mass is 500 g/mol. The number of carbonyl (C=O) groups is 2. The van der Waals surface area contributed by atoms with Crippen LogP contribution in [0.15, 0.2) is 48.5 Å². The van der Waals surface area contributed by atoms with Gasteiger partial charge >= 0.3 is 5.97 Å². The minimum atomic E-state index is -1.59. The Kier molecular flexibility index (Phi) is 6.06. The molecule has 1 N–H and O–H groups in total. The number of esters is 1. The minimum absolute atomic E-state index is 0.0303. The smallest absolute Gasteiger partial charge is 0.311 e. The molecule has 3 aliphatic rings. The Bertz CT molecular complexity index is 1320. The highest BCUT2D eigenvalue weighted by Gasteiger charge is 2.53. The molecule has 0 aliphatic heterocycles. The minimum Gasteiger partial charge on any atom is -0.469 e. The second-order valence-corrected chi connectivity index (χ2v) is 16.9. The van der Waals surface area contributed by atoms with E-state index in [4.69, 9.17) is 9.72 Å². The van der Waals surface area contributed by atoms with E-state index in [1.807, 2.05) is 37.3 Å². The highest BCUT2D eigenvalue weighted by Crippen LogP contribution is 2.53. The molecule has 3 saturated carbocycles. The van der Waals surface area contributed by atoms with Gasteiger partial charge < -0.3 is 10.1 Å². The summed E-state index contributed by atoms with van der Waals surface area (Å²) in [5, 5.41) is 5.71. The van der Waals surface area contributed by atoms with E-state index in [0.29, 0.717) is 0 Å². The summed E-state index contributed by atoms with van der Waals surface area (Å²) in [7, 11) is -0.109. The van der Waals surface area contributed by atoms with Gasteiger partial charge in [0.1, 0.15) is 0 Å². The van der Waals surface area contributed by atoms with Gasteiger partial charge in [-0.2, -0.15) is 0 Å². The number of amides is 1. The number of hydrogen-bond acceptors (Lipinski definition) is 4. The molecule has 2 aromatic carbocycles. The topological polar surface area (TPSA) is 68.3 Å². The number of hydrogen-bond donors (Lipinski definition) is 1. The van der Waals surface area contributed by atoms with Crippen molar-refractivity contribution in [2.75, 3.05) is 7.11 Å². The Labute approximate surface area is 214 Å². The summed E-state index contributed by atoms with van der Waals surface area (Å²) in [4.78, 5) is 31.6. The maximum absolute atomic E-state index is 14.1. The van der Waals surface area contributed by atoms with Gasteiger partial charge in [0.25, 0.3) is 5.91 Å². The van der Waals surface area contributed by atoms with Crippen LogP contribution in [0.4, 0.5) is 0 Å². The molecule has 0 spiro atoms. The van der Waals surface area contributed by atoms with Crippen molar-refractivity contribution in [3.05, 3.63) is 59.7 Å². The first-order valence-electron chi connectivity index (χ1n) is 13.0. The van der Waals surface area contributed by atoms with Gasteiger partial charge in [-0.05, 0) is 57.1 Å². The number of carbonyl (C=O) groups excluding carboxylic acids is 2. The zero-order valence-corrected chi connectivity index (χ0v) is 23.0. The standard InChI is InChI=1S/C30H36N2O3Si/c1-20-25(27(33)32-30-16-13-29(14-17-30,15-18-30)28(34)35-2)23-19-22(36(3,4)5)11-12-24(23)31-26(20)21-9-7-6-8-10-21/h6-12,19H,13-18H2,1-5H3,(H,32,33). The molecule has 0 radical (unpaired) electrons. The number of rotatable bonds is 5. The fourth-order valence-corrected chi connectivity index (χ4v) is 7.35.